The number of carbonyl (C=O) groups is 2. The van der Waals surface area contributed by atoms with Crippen LogP contribution in [0, 0.1) is 10.8 Å². The number of rotatable bonds is 6. The van der Waals surface area contributed by atoms with Crippen molar-refractivity contribution in [1.82, 2.24) is 9.80 Å². The first-order valence-electron chi connectivity index (χ1n) is 5.15. The normalized spacial score (nSPS) is 9.37. The van der Waals surface area contributed by atoms with Crippen molar-refractivity contribution in [2.24, 2.45) is 11.5 Å². The number of nitrogens with two attached hydrogens (primary N) is 2. The highest BCUT2D eigenvalue weighted by Crippen LogP contribution is 1.89. The highest BCUT2D eigenvalue weighted by molar-refractivity contribution is 5.82. The average molecular weight is 274 g/mol. The van der Waals surface area contributed by atoms with Crippen LogP contribution in [0.3, 0.4) is 0 Å². The lowest BCUT2D eigenvalue weighted by atomic mass is 10.6. The number of nitrogens with zero attached hydrogens (tertiary/aromatic N) is 2. The SMILES string of the molecule is CN(CC(=O)OCOC(=O)CN(C)C(=N)N)C(=N)N. The van der Waals surface area contributed by atoms with Gasteiger partial charge in [-0.25, -0.2) is 0 Å². The van der Waals surface area contributed by atoms with Gasteiger partial charge in [-0.15, -0.1) is 0 Å². The lowest BCUT2D eigenvalue weighted by Gasteiger charge is -2.16. The predicted molar refractivity (Wildman–Crippen MR) is 66.1 cm³/mol. The predicted octanol–water partition coefficient (Wildman–Crippen LogP) is -2.32. The van der Waals surface area contributed by atoms with Crippen molar-refractivity contribution in [3.63, 3.8) is 0 Å². The molecule has 0 aromatic carbocycles. The fraction of sp³-hybridized carbons (Fsp3) is 0.556. The van der Waals surface area contributed by atoms with Crippen molar-refractivity contribution < 1.29 is 19.1 Å². The van der Waals surface area contributed by atoms with Crippen LogP contribution in [-0.2, 0) is 19.1 Å². The monoisotopic (exact) mass is 274 g/mol. The molecule has 108 valence electrons. The van der Waals surface area contributed by atoms with Crippen LogP contribution in [0.25, 0.3) is 0 Å². The number of ether oxygens (including phenoxy) is 2. The molecule has 0 saturated carbocycles. The molecule has 19 heavy (non-hydrogen) atoms. The quantitative estimate of drug-likeness (QED) is 0.182. The minimum atomic E-state index is -0.689. The Kier molecular flexibility index (Phi) is 6.71. The van der Waals surface area contributed by atoms with Crippen molar-refractivity contribution in [2.45, 2.75) is 0 Å². The van der Waals surface area contributed by atoms with E-state index in [9.17, 15) is 9.59 Å². The van der Waals surface area contributed by atoms with Gasteiger partial charge in [0.2, 0.25) is 6.79 Å². The van der Waals surface area contributed by atoms with E-state index in [0.29, 0.717) is 0 Å². The number of carbonyl (C=O) groups excluding carboxylic acids is 2. The molecular weight excluding hydrogens is 256 g/mol. The minimum absolute atomic E-state index is 0.222. The molecule has 0 saturated heterocycles. The molecule has 0 aliphatic rings. The molecule has 0 aliphatic carbocycles. The molecule has 0 rings (SSSR count). The van der Waals surface area contributed by atoms with Crippen LogP contribution in [0.4, 0.5) is 0 Å². The number of guanidine groups is 2. The van der Waals surface area contributed by atoms with E-state index >= 15 is 0 Å². The molecule has 0 heterocycles. The van der Waals surface area contributed by atoms with E-state index in [-0.39, 0.29) is 25.0 Å². The Hall–Kier alpha value is -2.52. The highest BCUT2D eigenvalue weighted by Gasteiger charge is 2.11. The fourth-order valence-corrected chi connectivity index (χ4v) is 0.810. The zero-order valence-corrected chi connectivity index (χ0v) is 10.8. The minimum Gasteiger partial charge on any atom is -0.427 e. The third-order valence-electron chi connectivity index (χ3n) is 1.99. The number of nitrogens with one attached hydrogen (secondary N) is 2. The molecule has 0 atom stereocenters. The molecule has 10 nitrogen and oxygen atoms in total. The van der Waals surface area contributed by atoms with Crippen LogP contribution in [0.1, 0.15) is 0 Å². The zero-order valence-electron chi connectivity index (χ0n) is 10.8. The second-order valence-electron chi connectivity index (χ2n) is 3.63. The molecule has 10 heteroatoms. The maximum absolute atomic E-state index is 11.2. The highest BCUT2D eigenvalue weighted by atomic mass is 16.7. The molecule has 0 aromatic rings. The zero-order chi connectivity index (χ0) is 15.0. The molecule has 0 aromatic heterocycles. The Bertz CT molecular complexity index is 338. The van der Waals surface area contributed by atoms with Crippen molar-refractivity contribution in [3.05, 3.63) is 0 Å². The van der Waals surface area contributed by atoms with E-state index in [0.717, 1.165) is 9.80 Å². The van der Waals surface area contributed by atoms with Gasteiger partial charge in [-0.1, -0.05) is 0 Å². The van der Waals surface area contributed by atoms with Gasteiger partial charge in [0.25, 0.3) is 0 Å². The Morgan fingerprint density at radius 2 is 1.26 bits per heavy atom. The lowest BCUT2D eigenvalue weighted by Crippen LogP contribution is -2.38. The topological polar surface area (TPSA) is 159 Å². The van der Waals surface area contributed by atoms with Crippen LogP contribution in [-0.4, -0.2) is 67.6 Å². The summed E-state index contributed by atoms with van der Waals surface area (Å²) in [7, 11) is 2.88. The second-order valence-corrected chi connectivity index (χ2v) is 3.63. The maximum atomic E-state index is 11.2. The maximum Gasteiger partial charge on any atom is 0.328 e. The van der Waals surface area contributed by atoms with Crippen LogP contribution in [0.15, 0.2) is 0 Å². The van der Waals surface area contributed by atoms with Gasteiger partial charge in [-0.3, -0.25) is 20.4 Å². The molecule has 0 spiro atoms. The van der Waals surface area contributed by atoms with Gasteiger partial charge >= 0.3 is 11.9 Å². The van der Waals surface area contributed by atoms with Gasteiger partial charge < -0.3 is 30.7 Å². The Morgan fingerprint density at radius 1 is 0.947 bits per heavy atom. The summed E-state index contributed by atoms with van der Waals surface area (Å²) in [6, 6.07) is 0. The molecule has 0 bridgehead atoms. The summed E-state index contributed by atoms with van der Waals surface area (Å²) in [6.07, 6.45) is 0. The summed E-state index contributed by atoms with van der Waals surface area (Å²) in [6.45, 7) is -0.990. The smallest absolute Gasteiger partial charge is 0.328 e. The van der Waals surface area contributed by atoms with Crippen LogP contribution in [0.5, 0.6) is 0 Å². The van der Waals surface area contributed by atoms with Gasteiger partial charge in [0.15, 0.2) is 11.9 Å². The average Bonchev–Trinajstić information content (AvgIpc) is 2.28. The third kappa shape index (κ3) is 7.41. The van der Waals surface area contributed by atoms with Crippen LogP contribution in [0.2, 0.25) is 0 Å². The van der Waals surface area contributed by atoms with Crippen LogP contribution < -0.4 is 11.5 Å². The Labute approximate surface area is 110 Å². The van der Waals surface area contributed by atoms with E-state index in [1.54, 1.807) is 0 Å². The largest absolute Gasteiger partial charge is 0.427 e. The summed E-state index contributed by atoms with van der Waals surface area (Å²) in [5.41, 5.74) is 10.2. The first kappa shape index (κ1) is 16.5. The summed E-state index contributed by atoms with van der Waals surface area (Å²) in [5.74, 6) is -1.94. The fourth-order valence-electron chi connectivity index (χ4n) is 0.810. The summed E-state index contributed by atoms with van der Waals surface area (Å²) in [5, 5.41) is 14.1. The van der Waals surface area contributed by atoms with E-state index in [1.807, 2.05) is 0 Å². The van der Waals surface area contributed by atoms with Crippen molar-refractivity contribution >= 4 is 23.9 Å². The van der Waals surface area contributed by atoms with Gasteiger partial charge in [0.05, 0.1) is 0 Å². The second kappa shape index (κ2) is 7.74. The van der Waals surface area contributed by atoms with Crippen LogP contribution >= 0.6 is 0 Å². The van der Waals surface area contributed by atoms with Gasteiger partial charge in [-0.2, -0.15) is 0 Å². The Balaban J connectivity index is 3.85. The summed E-state index contributed by atoms with van der Waals surface area (Å²) in [4.78, 5) is 24.7. The Morgan fingerprint density at radius 3 is 1.53 bits per heavy atom. The van der Waals surface area contributed by atoms with Crippen molar-refractivity contribution in [1.29, 1.82) is 10.8 Å². The number of hydrogen-bond acceptors (Lipinski definition) is 6. The third-order valence-corrected chi connectivity index (χ3v) is 1.99. The van der Waals surface area contributed by atoms with E-state index < -0.39 is 18.7 Å². The van der Waals surface area contributed by atoms with E-state index in [4.69, 9.17) is 22.3 Å². The molecule has 0 aliphatic heterocycles. The lowest BCUT2D eigenvalue weighted by molar-refractivity contribution is -0.167. The number of esters is 2. The standard InChI is InChI=1S/C9H18N6O4/c1-14(8(10)11)3-6(16)18-5-19-7(17)4-15(2)9(12)13/h3-5H2,1-2H3,(H3,10,11)(H3,12,13). The van der Waals surface area contributed by atoms with Crippen molar-refractivity contribution in [2.75, 3.05) is 34.0 Å². The van der Waals surface area contributed by atoms with E-state index in [2.05, 4.69) is 9.47 Å². The number of hydrogen-bond donors (Lipinski definition) is 4. The summed E-state index contributed by atoms with van der Waals surface area (Å²) < 4.78 is 9.19. The summed E-state index contributed by atoms with van der Waals surface area (Å²) >= 11 is 0. The first-order chi connectivity index (χ1) is 8.73. The molecule has 0 unspecified atom stereocenters. The van der Waals surface area contributed by atoms with Crippen molar-refractivity contribution in [3.8, 4) is 0 Å². The van der Waals surface area contributed by atoms with Gasteiger partial charge in [0.1, 0.15) is 13.1 Å². The molecular formula is C9H18N6O4. The first-order valence-corrected chi connectivity index (χ1v) is 5.15. The molecule has 0 amide bonds. The number of likely N-dealkylation sites (N-methyl/N-ethyl adjacent to an activating group) is 2. The molecule has 0 radical (unpaired) electrons. The molecule has 6 N–H and O–H groups in total. The van der Waals surface area contributed by atoms with E-state index in [1.165, 1.54) is 14.1 Å². The molecule has 0 fully saturated rings. The van der Waals surface area contributed by atoms with Gasteiger partial charge in [-0.05, 0) is 0 Å². The van der Waals surface area contributed by atoms with Gasteiger partial charge in [0, 0.05) is 14.1 Å².